The summed E-state index contributed by atoms with van der Waals surface area (Å²) in [7, 11) is 1.69. The molecular weight excluding hydrogens is 228 g/mol. The third-order valence-corrected chi connectivity index (χ3v) is 3.01. The number of aryl methyl sites for hydroxylation is 2. The van der Waals surface area contributed by atoms with Gasteiger partial charge in [0.25, 0.3) is 0 Å². The van der Waals surface area contributed by atoms with Gasteiger partial charge < -0.3 is 4.42 Å². The number of hydrogen-bond donors (Lipinski definition) is 0. The van der Waals surface area contributed by atoms with Crippen molar-refractivity contribution >= 4 is 11.2 Å². The van der Waals surface area contributed by atoms with Crippen molar-refractivity contribution in [3.63, 3.8) is 0 Å². The fourth-order valence-electron chi connectivity index (χ4n) is 2.12. The van der Waals surface area contributed by atoms with Crippen LogP contribution in [0.2, 0.25) is 0 Å². The van der Waals surface area contributed by atoms with Gasteiger partial charge in [-0.1, -0.05) is 30.3 Å². The molecule has 0 radical (unpaired) electrons. The Morgan fingerprint density at radius 3 is 2.67 bits per heavy atom. The molecule has 0 fully saturated rings. The van der Waals surface area contributed by atoms with Crippen LogP contribution in [0, 0.1) is 6.92 Å². The number of hydrogen-bond acceptors (Lipinski definition) is 3. The summed E-state index contributed by atoms with van der Waals surface area (Å²) in [6.45, 7) is 1.95. The highest BCUT2D eigenvalue weighted by molar-refractivity contribution is 5.77. The molecular formula is C14H12N2O2. The molecule has 2 heterocycles. The van der Waals surface area contributed by atoms with Crippen molar-refractivity contribution in [2.45, 2.75) is 6.92 Å². The maximum atomic E-state index is 11.5. The molecule has 0 saturated carbocycles. The Kier molecular flexibility index (Phi) is 2.30. The van der Waals surface area contributed by atoms with E-state index >= 15 is 0 Å². The predicted octanol–water partition coefficient (Wildman–Crippen LogP) is 2.50. The van der Waals surface area contributed by atoms with E-state index in [1.165, 1.54) is 4.57 Å². The van der Waals surface area contributed by atoms with Gasteiger partial charge >= 0.3 is 5.76 Å². The summed E-state index contributed by atoms with van der Waals surface area (Å²) < 4.78 is 6.62. The lowest BCUT2D eigenvalue weighted by atomic mass is 10.1. The van der Waals surface area contributed by atoms with Gasteiger partial charge in [-0.15, -0.1) is 0 Å². The number of fused-ring (bicyclic) bond motifs is 1. The smallest absolute Gasteiger partial charge is 0.389 e. The van der Waals surface area contributed by atoms with Gasteiger partial charge in [-0.25, -0.2) is 9.78 Å². The minimum Gasteiger partial charge on any atom is -0.389 e. The SMILES string of the molecule is Cc1cc(-c2ccccc2)nc2oc(=O)n(C)c12. The molecule has 18 heavy (non-hydrogen) atoms. The summed E-state index contributed by atoms with van der Waals surface area (Å²) >= 11 is 0. The summed E-state index contributed by atoms with van der Waals surface area (Å²) in [5.74, 6) is -0.384. The molecule has 90 valence electrons. The molecule has 3 aromatic rings. The summed E-state index contributed by atoms with van der Waals surface area (Å²) in [4.78, 5) is 15.9. The largest absolute Gasteiger partial charge is 0.421 e. The highest BCUT2D eigenvalue weighted by atomic mass is 16.4. The first-order valence-corrected chi connectivity index (χ1v) is 5.69. The maximum absolute atomic E-state index is 11.5. The fourth-order valence-corrected chi connectivity index (χ4v) is 2.12. The van der Waals surface area contributed by atoms with Gasteiger partial charge in [0.05, 0.1) is 5.69 Å². The third kappa shape index (κ3) is 1.54. The number of benzene rings is 1. The van der Waals surface area contributed by atoms with Crippen LogP contribution in [0.1, 0.15) is 5.56 Å². The Hall–Kier alpha value is -2.36. The summed E-state index contributed by atoms with van der Waals surface area (Å²) in [5, 5.41) is 0. The standard InChI is InChI=1S/C14H12N2O2/c1-9-8-11(10-6-4-3-5-7-10)15-13-12(9)16(2)14(17)18-13/h3-8H,1-2H3. The van der Waals surface area contributed by atoms with Gasteiger partial charge in [-0.3, -0.25) is 4.57 Å². The van der Waals surface area contributed by atoms with Gasteiger partial charge in [-0.2, -0.15) is 0 Å². The Bertz CT molecular complexity index is 770. The molecule has 4 heteroatoms. The number of rotatable bonds is 1. The van der Waals surface area contributed by atoms with Crippen molar-refractivity contribution in [3.05, 3.63) is 52.5 Å². The zero-order valence-corrected chi connectivity index (χ0v) is 10.2. The minimum absolute atomic E-state index is 0.384. The monoisotopic (exact) mass is 240 g/mol. The van der Waals surface area contributed by atoms with Crippen LogP contribution in [0.4, 0.5) is 0 Å². The van der Waals surface area contributed by atoms with E-state index in [4.69, 9.17) is 4.42 Å². The van der Waals surface area contributed by atoms with Crippen molar-refractivity contribution in [2.75, 3.05) is 0 Å². The van der Waals surface area contributed by atoms with E-state index in [-0.39, 0.29) is 5.76 Å². The molecule has 3 rings (SSSR count). The van der Waals surface area contributed by atoms with E-state index in [0.717, 1.165) is 22.3 Å². The van der Waals surface area contributed by atoms with Crippen molar-refractivity contribution < 1.29 is 4.42 Å². The predicted molar refractivity (Wildman–Crippen MR) is 69.4 cm³/mol. The van der Waals surface area contributed by atoms with Gasteiger partial charge in [-0.05, 0) is 18.6 Å². The number of aromatic nitrogens is 2. The molecule has 0 aliphatic rings. The Morgan fingerprint density at radius 1 is 1.22 bits per heavy atom. The topological polar surface area (TPSA) is 48.0 Å². The van der Waals surface area contributed by atoms with Gasteiger partial charge in [0.1, 0.15) is 5.52 Å². The minimum atomic E-state index is -0.384. The Morgan fingerprint density at radius 2 is 1.94 bits per heavy atom. The molecule has 1 aromatic carbocycles. The van der Waals surface area contributed by atoms with E-state index in [0.29, 0.717) is 5.71 Å². The summed E-state index contributed by atoms with van der Waals surface area (Å²) in [5.41, 5.74) is 3.94. The Balaban J connectivity index is 2.32. The van der Waals surface area contributed by atoms with Gasteiger partial charge in [0.2, 0.25) is 5.71 Å². The summed E-state index contributed by atoms with van der Waals surface area (Å²) in [6, 6.07) is 11.8. The van der Waals surface area contributed by atoms with Crippen molar-refractivity contribution in [1.29, 1.82) is 0 Å². The first-order chi connectivity index (χ1) is 8.66. The van der Waals surface area contributed by atoms with Crippen molar-refractivity contribution in [2.24, 2.45) is 7.05 Å². The molecule has 0 saturated heterocycles. The number of nitrogens with zero attached hydrogens (tertiary/aromatic N) is 2. The lowest BCUT2D eigenvalue weighted by Gasteiger charge is -2.03. The lowest BCUT2D eigenvalue weighted by molar-refractivity contribution is 0.520. The van der Waals surface area contributed by atoms with Crippen LogP contribution >= 0.6 is 0 Å². The van der Waals surface area contributed by atoms with Crippen LogP contribution in [0.5, 0.6) is 0 Å². The Labute approximate surface area is 104 Å². The van der Waals surface area contributed by atoms with Gasteiger partial charge in [0.15, 0.2) is 0 Å². The van der Waals surface area contributed by atoms with Crippen LogP contribution < -0.4 is 5.76 Å². The zero-order chi connectivity index (χ0) is 12.7. The van der Waals surface area contributed by atoms with E-state index in [2.05, 4.69) is 4.98 Å². The quantitative estimate of drug-likeness (QED) is 0.656. The molecule has 0 aliphatic heterocycles. The molecule has 0 aliphatic carbocycles. The van der Waals surface area contributed by atoms with E-state index < -0.39 is 0 Å². The molecule has 0 spiro atoms. The molecule has 0 bridgehead atoms. The lowest BCUT2D eigenvalue weighted by Crippen LogP contribution is -2.08. The van der Waals surface area contributed by atoms with E-state index in [1.54, 1.807) is 7.05 Å². The van der Waals surface area contributed by atoms with Crippen LogP contribution in [-0.4, -0.2) is 9.55 Å². The second kappa shape index (κ2) is 3.84. The molecule has 0 atom stereocenters. The van der Waals surface area contributed by atoms with Crippen molar-refractivity contribution in [3.8, 4) is 11.3 Å². The van der Waals surface area contributed by atoms with E-state index in [9.17, 15) is 4.79 Å². The van der Waals surface area contributed by atoms with Crippen LogP contribution in [0.15, 0.2) is 45.6 Å². The van der Waals surface area contributed by atoms with E-state index in [1.807, 2.05) is 43.3 Å². The average Bonchev–Trinajstić information content (AvgIpc) is 2.66. The first-order valence-electron chi connectivity index (χ1n) is 5.69. The number of oxazole rings is 1. The fraction of sp³-hybridized carbons (Fsp3) is 0.143. The van der Waals surface area contributed by atoms with Crippen LogP contribution in [0.3, 0.4) is 0 Å². The average molecular weight is 240 g/mol. The molecule has 0 unspecified atom stereocenters. The highest BCUT2D eigenvalue weighted by Gasteiger charge is 2.12. The van der Waals surface area contributed by atoms with Gasteiger partial charge in [0, 0.05) is 12.6 Å². The second-order valence-corrected chi connectivity index (χ2v) is 4.27. The maximum Gasteiger partial charge on any atom is 0.421 e. The van der Waals surface area contributed by atoms with Crippen LogP contribution in [-0.2, 0) is 7.05 Å². The van der Waals surface area contributed by atoms with Crippen molar-refractivity contribution in [1.82, 2.24) is 9.55 Å². The summed E-state index contributed by atoms with van der Waals surface area (Å²) in [6.07, 6.45) is 0. The first kappa shape index (κ1) is 10.8. The molecule has 0 amide bonds. The number of pyridine rings is 1. The second-order valence-electron chi connectivity index (χ2n) is 4.27. The third-order valence-electron chi connectivity index (χ3n) is 3.01. The molecule has 0 N–H and O–H groups in total. The zero-order valence-electron chi connectivity index (χ0n) is 10.2. The van der Waals surface area contributed by atoms with Crippen LogP contribution in [0.25, 0.3) is 22.5 Å². The molecule has 2 aromatic heterocycles. The normalized spacial score (nSPS) is 11.0. The highest BCUT2D eigenvalue weighted by Crippen LogP contribution is 2.23. The molecule has 4 nitrogen and oxygen atoms in total.